The first-order valence-electron chi connectivity index (χ1n) is 9.99. The number of ether oxygens (including phenoxy) is 2. The second-order valence-corrected chi connectivity index (χ2v) is 6.75. The minimum Gasteiger partial charge on any atom is -0.494 e. The zero-order chi connectivity index (χ0) is 22.4. The summed E-state index contributed by atoms with van der Waals surface area (Å²) < 4.78 is 11.1. The van der Waals surface area contributed by atoms with Gasteiger partial charge >= 0.3 is 6.03 Å². The van der Waals surface area contributed by atoms with Crippen LogP contribution in [-0.2, 0) is 9.59 Å². The van der Waals surface area contributed by atoms with Crippen molar-refractivity contribution in [1.29, 1.82) is 0 Å². The standard InChI is InChI=1S/C24H24N2O5/c1-4-30-18-11-12-21(31-5-2)20(15-18)26-23(28)19(22(27)25-24(26)29)14-16(3)13-17-9-7-6-8-10-17/h6-15H,4-5H2,1-3H3,(H,25,27,29)/b16-13+,19-14+. The first-order valence-corrected chi connectivity index (χ1v) is 9.99. The highest BCUT2D eigenvalue weighted by Gasteiger charge is 2.38. The summed E-state index contributed by atoms with van der Waals surface area (Å²) in [6, 6.07) is 13.5. The number of carbonyl (C=O) groups excluding carboxylic acids is 3. The molecule has 7 nitrogen and oxygen atoms in total. The smallest absolute Gasteiger partial charge is 0.336 e. The summed E-state index contributed by atoms with van der Waals surface area (Å²) in [5, 5.41) is 2.23. The second kappa shape index (κ2) is 9.75. The van der Waals surface area contributed by atoms with E-state index in [9.17, 15) is 14.4 Å². The van der Waals surface area contributed by atoms with Crippen LogP contribution < -0.4 is 19.7 Å². The molecule has 0 bridgehead atoms. The third kappa shape index (κ3) is 5.01. The number of hydrogen-bond acceptors (Lipinski definition) is 5. The van der Waals surface area contributed by atoms with Crippen molar-refractivity contribution in [2.75, 3.05) is 18.1 Å². The monoisotopic (exact) mass is 420 g/mol. The Kier molecular flexibility index (Phi) is 6.87. The van der Waals surface area contributed by atoms with Crippen molar-refractivity contribution in [2.24, 2.45) is 0 Å². The van der Waals surface area contributed by atoms with Gasteiger partial charge in [0, 0.05) is 6.07 Å². The fraction of sp³-hybridized carbons (Fsp3) is 0.208. The Hall–Kier alpha value is -3.87. The molecule has 0 saturated carbocycles. The van der Waals surface area contributed by atoms with Crippen molar-refractivity contribution in [3.8, 4) is 11.5 Å². The normalized spacial score (nSPS) is 15.8. The molecule has 1 N–H and O–H groups in total. The third-order valence-electron chi connectivity index (χ3n) is 4.45. The van der Waals surface area contributed by atoms with Gasteiger partial charge in [-0.3, -0.25) is 14.9 Å². The van der Waals surface area contributed by atoms with Crippen LogP contribution in [0.3, 0.4) is 0 Å². The summed E-state index contributed by atoms with van der Waals surface area (Å²) in [6.45, 7) is 6.16. The molecule has 2 aromatic carbocycles. The minimum absolute atomic E-state index is 0.145. The molecule has 1 saturated heterocycles. The van der Waals surface area contributed by atoms with Gasteiger partial charge in [0.15, 0.2) is 0 Å². The molecule has 1 heterocycles. The van der Waals surface area contributed by atoms with Crippen molar-refractivity contribution in [2.45, 2.75) is 20.8 Å². The Morgan fingerprint density at radius 3 is 2.39 bits per heavy atom. The van der Waals surface area contributed by atoms with E-state index in [2.05, 4.69) is 5.32 Å². The highest BCUT2D eigenvalue weighted by molar-refractivity contribution is 6.38. The Balaban J connectivity index is 2.02. The van der Waals surface area contributed by atoms with Crippen LogP contribution in [0.4, 0.5) is 10.5 Å². The van der Waals surface area contributed by atoms with Crippen LogP contribution in [0.1, 0.15) is 26.3 Å². The van der Waals surface area contributed by atoms with Gasteiger partial charge < -0.3 is 9.47 Å². The molecule has 4 amide bonds. The number of carbonyl (C=O) groups is 3. The Bertz CT molecular complexity index is 1060. The summed E-state index contributed by atoms with van der Waals surface area (Å²) >= 11 is 0. The number of rotatable bonds is 7. The van der Waals surface area contributed by atoms with E-state index < -0.39 is 17.8 Å². The molecule has 0 spiro atoms. The van der Waals surface area contributed by atoms with E-state index >= 15 is 0 Å². The molecule has 160 valence electrons. The van der Waals surface area contributed by atoms with E-state index in [0.29, 0.717) is 30.3 Å². The van der Waals surface area contributed by atoms with Gasteiger partial charge in [0.05, 0.1) is 18.9 Å². The summed E-state index contributed by atoms with van der Waals surface area (Å²) in [6.07, 6.45) is 3.31. The quantitative estimate of drug-likeness (QED) is 0.539. The van der Waals surface area contributed by atoms with Gasteiger partial charge in [0.2, 0.25) is 0 Å². The lowest BCUT2D eigenvalue weighted by molar-refractivity contribution is -0.122. The highest BCUT2D eigenvalue weighted by Crippen LogP contribution is 2.35. The van der Waals surface area contributed by atoms with E-state index in [1.165, 1.54) is 6.08 Å². The van der Waals surface area contributed by atoms with Crippen molar-refractivity contribution >= 4 is 29.6 Å². The number of amides is 4. The predicted molar refractivity (Wildman–Crippen MR) is 118 cm³/mol. The molecule has 1 aliphatic rings. The number of allylic oxidation sites excluding steroid dienone is 2. The van der Waals surface area contributed by atoms with Gasteiger partial charge in [-0.05, 0) is 50.1 Å². The van der Waals surface area contributed by atoms with Gasteiger partial charge in [0.1, 0.15) is 17.1 Å². The second-order valence-electron chi connectivity index (χ2n) is 6.75. The zero-order valence-corrected chi connectivity index (χ0v) is 17.7. The summed E-state index contributed by atoms with van der Waals surface area (Å²) in [4.78, 5) is 39.1. The van der Waals surface area contributed by atoms with Crippen LogP contribution in [0, 0.1) is 0 Å². The lowest BCUT2D eigenvalue weighted by atomic mass is 10.1. The average Bonchev–Trinajstić information content (AvgIpc) is 2.74. The molecule has 1 fully saturated rings. The SMILES string of the molecule is CCOc1ccc(OCC)c(N2C(=O)NC(=O)/C(=C\C(C)=C\c3ccccc3)C2=O)c1. The fourth-order valence-electron chi connectivity index (χ4n) is 3.16. The van der Waals surface area contributed by atoms with E-state index in [1.54, 1.807) is 32.0 Å². The van der Waals surface area contributed by atoms with Crippen LogP contribution in [0.5, 0.6) is 11.5 Å². The van der Waals surface area contributed by atoms with Gasteiger partial charge in [-0.25, -0.2) is 9.69 Å². The summed E-state index contributed by atoms with van der Waals surface area (Å²) in [5.74, 6) is -0.668. The first-order chi connectivity index (χ1) is 14.9. The Labute approximate surface area is 181 Å². The van der Waals surface area contributed by atoms with Gasteiger partial charge in [-0.2, -0.15) is 0 Å². The average molecular weight is 420 g/mol. The Morgan fingerprint density at radius 1 is 1.00 bits per heavy atom. The molecule has 1 aliphatic heterocycles. The molecule has 0 radical (unpaired) electrons. The summed E-state index contributed by atoms with van der Waals surface area (Å²) in [7, 11) is 0. The van der Waals surface area contributed by atoms with E-state index in [0.717, 1.165) is 10.5 Å². The number of hydrogen-bond donors (Lipinski definition) is 1. The van der Waals surface area contributed by atoms with Crippen molar-refractivity contribution in [1.82, 2.24) is 5.32 Å². The lowest BCUT2D eigenvalue weighted by Gasteiger charge is -2.28. The number of nitrogens with one attached hydrogen (secondary N) is 1. The molecule has 0 aromatic heterocycles. The largest absolute Gasteiger partial charge is 0.494 e. The number of urea groups is 1. The molecule has 7 heteroatoms. The van der Waals surface area contributed by atoms with E-state index in [1.807, 2.05) is 43.3 Å². The number of barbiturate groups is 1. The molecule has 2 aromatic rings. The molecule has 0 aliphatic carbocycles. The van der Waals surface area contributed by atoms with E-state index in [-0.39, 0.29) is 11.3 Å². The van der Waals surface area contributed by atoms with Crippen LogP contribution in [0.25, 0.3) is 6.08 Å². The third-order valence-corrected chi connectivity index (χ3v) is 4.45. The first kappa shape index (κ1) is 21.8. The summed E-state index contributed by atoms with van der Waals surface area (Å²) in [5.41, 5.74) is 1.68. The van der Waals surface area contributed by atoms with Gasteiger partial charge in [0.25, 0.3) is 11.8 Å². The Morgan fingerprint density at radius 2 is 1.71 bits per heavy atom. The predicted octanol–water partition coefficient (Wildman–Crippen LogP) is 4.10. The van der Waals surface area contributed by atoms with Gasteiger partial charge in [-0.1, -0.05) is 36.4 Å². The number of benzene rings is 2. The van der Waals surface area contributed by atoms with Crippen LogP contribution in [0.2, 0.25) is 0 Å². The van der Waals surface area contributed by atoms with E-state index in [4.69, 9.17) is 9.47 Å². The van der Waals surface area contributed by atoms with Crippen molar-refractivity contribution in [3.05, 3.63) is 71.3 Å². The van der Waals surface area contributed by atoms with Crippen LogP contribution in [-0.4, -0.2) is 31.1 Å². The van der Waals surface area contributed by atoms with Crippen molar-refractivity contribution in [3.63, 3.8) is 0 Å². The highest BCUT2D eigenvalue weighted by atomic mass is 16.5. The lowest BCUT2D eigenvalue weighted by Crippen LogP contribution is -2.54. The van der Waals surface area contributed by atoms with Crippen molar-refractivity contribution < 1.29 is 23.9 Å². The topological polar surface area (TPSA) is 84.9 Å². The maximum Gasteiger partial charge on any atom is 0.336 e. The molecular weight excluding hydrogens is 396 g/mol. The molecule has 0 unspecified atom stereocenters. The molecular formula is C24H24N2O5. The minimum atomic E-state index is -0.841. The maximum atomic E-state index is 13.2. The number of anilines is 1. The molecule has 31 heavy (non-hydrogen) atoms. The number of imide groups is 2. The fourth-order valence-corrected chi connectivity index (χ4v) is 3.16. The molecule has 3 rings (SSSR count). The van der Waals surface area contributed by atoms with Gasteiger partial charge in [-0.15, -0.1) is 0 Å². The number of nitrogens with zero attached hydrogens (tertiary/aromatic N) is 1. The van der Waals surface area contributed by atoms with Crippen LogP contribution in [0.15, 0.2) is 65.8 Å². The van der Waals surface area contributed by atoms with Crippen LogP contribution >= 0.6 is 0 Å². The molecule has 0 atom stereocenters. The zero-order valence-electron chi connectivity index (χ0n) is 17.7. The maximum absolute atomic E-state index is 13.2.